The van der Waals surface area contributed by atoms with E-state index in [0.717, 1.165) is 5.56 Å². The van der Waals surface area contributed by atoms with E-state index in [1.165, 1.54) is 5.56 Å². The molecule has 0 saturated carbocycles. The third-order valence-electron chi connectivity index (χ3n) is 2.68. The predicted molar refractivity (Wildman–Crippen MR) is 72.9 cm³/mol. The highest BCUT2D eigenvalue weighted by atomic mass is 35.5. The Morgan fingerprint density at radius 1 is 1.17 bits per heavy atom. The highest BCUT2D eigenvalue weighted by molar-refractivity contribution is 6.32. The van der Waals surface area contributed by atoms with E-state index in [1.807, 2.05) is 25.1 Å². The zero-order chi connectivity index (χ0) is 13.0. The second-order valence-electron chi connectivity index (χ2n) is 4.16. The molecule has 0 atom stereocenters. The number of aliphatic hydroxyl groups excluding tert-OH is 1. The van der Waals surface area contributed by atoms with Crippen molar-refractivity contribution >= 4 is 11.6 Å². The number of aryl methyl sites for hydroxylation is 1. The average molecular weight is 263 g/mol. The molecule has 0 radical (unpaired) electrons. The third-order valence-corrected chi connectivity index (χ3v) is 2.98. The summed E-state index contributed by atoms with van der Waals surface area (Å²) in [6.45, 7) is 2.40. The van der Waals surface area contributed by atoms with Crippen LogP contribution in [0.5, 0.6) is 5.75 Å². The van der Waals surface area contributed by atoms with E-state index in [1.54, 1.807) is 18.2 Å². The van der Waals surface area contributed by atoms with Crippen molar-refractivity contribution in [3.63, 3.8) is 0 Å². The fourth-order valence-corrected chi connectivity index (χ4v) is 2.05. The standard InChI is InChI=1S/C15H15ClO2/c1-11-4-2-5-12(8-11)10-18-15-13(9-17)6-3-7-14(15)16/h2-8,17H,9-10H2,1H3. The minimum absolute atomic E-state index is 0.0797. The summed E-state index contributed by atoms with van der Waals surface area (Å²) in [4.78, 5) is 0. The van der Waals surface area contributed by atoms with Gasteiger partial charge in [-0.1, -0.05) is 53.6 Å². The molecule has 0 aliphatic carbocycles. The van der Waals surface area contributed by atoms with Crippen LogP contribution in [0.4, 0.5) is 0 Å². The van der Waals surface area contributed by atoms with Crippen molar-refractivity contribution in [2.45, 2.75) is 20.1 Å². The van der Waals surface area contributed by atoms with Gasteiger partial charge >= 0.3 is 0 Å². The van der Waals surface area contributed by atoms with Crippen molar-refractivity contribution in [1.29, 1.82) is 0 Å². The van der Waals surface area contributed by atoms with Crippen LogP contribution in [0.25, 0.3) is 0 Å². The summed E-state index contributed by atoms with van der Waals surface area (Å²) in [6, 6.07) is 13.5. The summed E-state index contributed by atoms with van der Waals surface area (Å²) in [5, 5.41) is 9.77. The molecule has 2 nitrogen and oxygen atoms in total. The van der Waals surface area contributed by atoms with Crippen LogP contribution in [0.1, 0.15) is 16.7 Å². The number of rotatable bonds is 4. The zero-order valence-corrected chi connectivity index (χ0v) is 10.9. The fraction of sp³-hybridized carbons (Fsp3) is 0.200. The maximum atomic E-state index is 9.25. The van der Waals surface area contributed by atoms with Crippen LogP contribution in [-0.4, -0.2) is 5.11 Å². The summed E-state index contributed by atoms with van der Waals surface area (Å²) < 4.78 is 5.71. The van der Waals surface area contributed by atoms with Gasteiger partial charge in [0, 0.05) is 5.56 Å². The molecule has 0 spiro atoms. The average Bonchev–Trinajstić information content (AvgIpc) is 2.37. The SMILES string of the molecule is Cc1cccc(COc2c(Cl)cccc2CO)c1. The van der Waals surface area contributed by atoms with Crippen LogP contribution in [0.15, 0.2) is 42.5 Å². The van der Waals surface area contributed by atoms with Crippen molar-refractivity contribution in [2.75, 3.05) is 0 Å². The molecule has 0 bridgehead atoms. The van der Waals surface area contributed by atoms with Crippen LogP contribution in [0.3, 0.4) is 0 Å². The first-order chi connectivity index (χ1) is 8.70. The molecule has 0 unspecified atom stereocenters. The van der Waals surface area contributed by atoms with Crippen LogP contribution in [0.2, 0.25) is 5.02 Å². The van der Waals surface area contributed by atoms with Gasteiger partial charge in [0.25, 0.3) is 0 Å². The summed E-state index contributed by atoms with van der Waals surface area (Å²) >= 11 is 6.07. The number of aliphatic hydroxyl groups is 1. The first kappa shape index (κ1) is 12.9. The number of benzene rings is 2. The minimum atomic E-state index is -0.0797. The first-order valence-corrected chi connectivity index (χ1v) is 6.15. The molecule has 2 rings (SSSR count). The molecule has 18 heavy (non-hydrogen) atoms. The topological polar surface area (TPSA) is 29.5 Å². The second-order valence-corrected chi connectivity index (χ2v) is 4.57. The summed E-state index contributed by atoms with van der Waals surface area (Å²) in [6.07, 6.45) is 0. The largest absolute Gasteiger partial charge is 0.487 e. The van der Waals surface area contributed by atoms with Gasteiger partial charge in [-0.05, 0) is 18.6 Å². The van der Waals surface area contributed by atoms with Crippen molar-refractivity contribution in [2.24, 2.45) is 0 Å². The Labute approximate surface area is 112 Å². The van der Waals surface area contributed by atoms with Crippen LogP contribution < -0.4 is 4.74 Å². The number of ether oxygens (including phenoxy) is 1. The van der Waals surface area contributed by atoms with Gasteiger partial charge in [0.2, 0.25) is 0 Å². The Kier molecular flexibility index (Phi) is 4.24. The first-order valence-electron chi connectivity index (χ1n) is 5.77. The normalized spacial score (nSPS) is 10.4. The Bertz CT molecular complexity index is 538. The lowest BCUT2D eigenvalue weighted by atomic mass is 10.1. The van der Waals surface area contributed by atoms with Crippen molar-refractivity contribution in [3.8, 4) is 5.75 Å². The number of para-hydroxylation sites is 1. The molecule has 2 aromatic carbocycles. The van der Waals surface area contributed by atoms with Gasteiger partial charge in [-0.25, -0.2) is 0 Å². The fourth-order valence-electron chi connectivity index (χ4n) is 1.80. The third kappa shape index (κ3) is 3.03. The van der Waals surface area contributed by atoms with E-state index in [0.29, 0.717) is 22.9 Å². The smallest absolute Gasteiger partial charge is 0.143 e. The Hall–Kier alpha value is -1.51. The highest BCUT2D eigenvalue weighted by Crippen LogP contribution is 2.29. The molecule has 0 heterocycles. The van der Waals surface area contributed by atoms with Crippen molar-refractivity contribution < 1.29 is 9.84 Å². The lowest BCUT2D eigenvalue weighted by Crippen LogP contribution is -1.99. The number of hydrogen-bond donors (Lipinski definition) is 1. The molecular formula is C15H15ClO2. The molecule has 0 amide bonds. The van der Waals surface area contributed by atoms with Gasteiger partial charge in [-0.15, -0.1) is 0 Å². The van der Waals surface area contributed by atoms with E-state index in [-0.39, 0.29) is 6.61 Å². The van der Waals surface area contributed by atoms with Crippen LogP contribution in [0, 0.1) is 6.92 Å². The summed E-state index contributed by atoms with van der Waals surface area (Å²) in [7, 11) is 0. The Morgan fingerprint density at radius 2 is 1.94 bits per heavy atom. The van der Waals surface area contributed by atoms with Gasteiger partial charge in [-0.3, -0.25) is 0 Å². The molecule has 94 valence electrons. The van der Waals surface area contributed by atoms with Gasteiger partial charge < -0.3 is 9.84 Å². The molecule has 0 aliphatic heterocycles. The Morgan fingerprint density at radius 3 is 2.67 bits per heavy atom. The van der Waals surface area contributed by atoms with E-state index in [4.69, 9.17) is 16.3 Å². The predicted octanol–water partition coefficient (Wildman–Crippen LogP) is 3.72. The number of halogens is 1. The molecule has 0 aliphatic rings. The van der Waals surface area contributed by atoms with E-state index < -0.39 is 0 Å². The van der Waals surface area contributed by atoms with Crippen molar-refractivity contribution in [3.05, 3.63) is 64.2 Å². The van der Waals surface area contributed by atoms with Crippen LogP contribution in [-0.2, 0) is 13.2 Å². The molecule has 2 aromatic rings. The monoisotopic (exact) mass is 262 g/mol. The molecule has 0 saturated heterocycles. The molecule has 3 heteroatoms. The maximum absolute atomic E-state index is 9.25. The van der Waals surface area contributed by atoms with Gasteiger partial charge in [0.05, 0.1) is 11.6 Å². The molecule has 1 N–H and O–H groups in total. The maximum Gasteiger partial charge on any atom is 0.143 e. The minimum Gasteiger partial charge on any atom is -0.487 e. The second kappa shape index (κ2) is 5.89. The van der Waals surface area contributed by atoms with E-state index >= 15 is 0 Å². The summed E-state index contributed by atoms with van der Waals surface area (Å²) in [5.74, 6) is 0.558. The lowest BCUT2D eigenvalue weighted by Gasteiger charge is -2.12. The quantitative estimate of drug-likeness (QED) is 0.910. The van der Waals surface area contributed by atoms with E-state index in [2.05, 4.69) is 6.07 Å². The molecule has 0 aromatic heterocycles. The van der Waals surface area contributed by atoms with Gasteiger partial charge in [-0.2, -0.15) is 0 Å². The van der Waals surface area contributed by atoms with Crippen molar-refractivity contribution in [1.82, 2.24) is 0 Å². The highest BCUT2D eigenvalue weighted by Gasteiger charge is 2.07. The summed E-state index contributed by atoms with van der Waals surface area (Å²) in [5.41, 5.74) is 2.98. The van der Waals surface area contributed by atoms with Crippen LogP contribution >= 0.6 is 11.6 Å². The number of hydrogen-bond acceptors (Lipinski definition) is 2. The molecule has 0 fully saturated rings. The molecular weight excluding hydrogens is 248 g/mol. The Balaban J connectivity index is 2.15. The van der Waals surface area contributed by atoms with Gasteiger partial charge in [0.15, 0.2) is 0 Å². The van der Waals surface area contributed by atoms with Gasteiger partial charge in [0.1, 0.15) is 12.4 Å². The van der Waals surface area contributed by atoms with E-state index in [9.17, 15) is 5.11 Å². The lowest BCUT2D eigenvalue weighted by molar-refractivity contribution is 0.259. The zero-order valence-electron chi connectivity index (χ0n) is 10.2.